The van der Waals surface area contributed by atoms with Gasteiger partial charge in [-0.05, 0) is 38.8 Å². The maximum atomic E-state index is 11.7. The van der Waals surface area contributed by atoms with Gasteiger partial charge in [-0.15, -0.1) is 0 Å². The Balaban J connectivity index is 2.93. The molecule has 88 valence electrons. The normalized spacial score (nSPS) is 10.1. The summed E-state index contributed by atoms with van der Waals surface area (Å²) in [4.78, 5) is 13.4. The lowest BCUT2D eigenvalue weighted by Crippen LogP contribution is -2.31. The Bertz CT molecular complexity index is 376. The number of aryl methyl sites for hydroxylation is 3. The Labute approximate surface area is 97.5 Å². The van der Waals surface area contributed by atoms with Crippen molar-refractivity contribution in [2.75, 3.05) is 18.9 Å². The summed E-state index contributed by atoms with van der Waals surface area (Å²) in [7, 11) is 1.79. The minimum atomic E-state index is -0.0578. The average Bonchev–Trinajstić information content (AvgIpc) is 2.21. The standard InChI is InChI=1S/C13H20N2O/c1-6-15(5)13(16)14-12-10(3)7-9(2)8-11(12)4/h7-8H,6H2,1-5H3,(H,14,16). The molecule has 1 aromatic rings. The van der Waals surface area contributed by atoms with E-state index >= 15 is 0 Å². The predicted molar refractivity (Wildman–Crippen MR) is 68.0 cm³/mol. The first-order chi connectivity index (χ1) is 7.45. The average molecular weight is 220 g/mol. The van der Waals surface area contributed by atoms with Crippen LogP contribution in [0.15, 0.2) is 12.1 Å². The Hall–Kier alpha value is -1.51. The second-order valence-electron chi connectivity index (χ2n) is 4.22. The third-order valence-electron chi connectivity index (χ3n) is 2.73. The van der Waals surface area contributed by atoms with Gasteiger partial charge in [-0.2, -0.15) is 0 Å². The Morgan fingerprint density at radius 3 is 2.19 bits per heavy atom. The number of nitrogens with zero attached hydrogens (tertiary/aromatic N) is 1. The van der Waals surface area contributed by atoms with E-state index in [1.165, 1.54) is 5.56 Å². The highest BCUT2D eigenvalue weighted by Crippen LogP contribution is 2.22. The fraction of sp³-hybridized carbons (Fsp3) is 0.462. The molecule has 0 fully saturated rings. The molecule has 0 spiro atoms. The molecule has 1 aromatic carbocycles. The smallest absolute Gasteiger partial charge is 0.321 e. The molecule has 0 unspecified atom stereocenters. The van der Waals surface area contributed by atoms with Crippen LogP contribution in [-0.4, -0.2) is 24.5 Å². The summed E-state index contributed by atoms with van der Waals surface area (Å²) < 4.78 is 0. The van der Waals surface area contributed by atoms with Crippen LogP contribution in [0.3, 0.4) is 0 Å². The number of anilines is 1. The molecular weight excluding hydrogens is 200 g/mol. The molecule has 0 aromatic heterocycles. The van der Waals surface area contributed by atoms with E-state index in [-0.39, 0.29) is 6.03 Å². The van der Waals surface area contributed by atoms with Gasteiger partial charge in [0.05, 0.1) is 0 Å². The first kappa shape index (κ1) is 12.6. The first-order valence-electron chi connectivity index (χ1n) is 5.55. The Morgan fingerprint density at radius 2 is 1.75 bits per heavy atom. The molecule has 0 bridgehead atoms. The maximum Gasteiger partial charge on any atom is 0.321 e. The van der Waals surface area contributed by atoms with Gasteiger partial charge in [0, 0.05) is 19.3 Å². The van der Waals surface area contributed by atoms with Crippen LogP contribution in [0.2, 0.25) is 0 Å². The highest BCUT2D eigenvalue weighted by molar-refractivity contribution is 5.90. The number of carbonyl (C=O) groups excluding carboxylic acids is 1. The van der Waals surface area contributed by atoms with E-state index in [4.69, 9.17) is 0 Å². The van der Waals surface area contributed by atoms with Crippen LogP contribution in [0.4, 0.5) is 10.5 Å². The number of hydrogen-bond acceptors (Lipinski definition) is 1. The highest BCUT2D eigenvalue weighted by atomic mass is 16.2. The largest absolute Gasteiger partial charge is 0.328 e. The van der Waals surface area contributed by atoms with Gasteiger partial charge in [-0.3, -0.25) is 0 Å². The van der Waals surface area contributed by atoms with Gasteiger partial charge in [0.15, 0.2) is 0 Å². The van der Waals surface area contributed by atoms with Gasteiger partial charge in [-0.1, -0.05) is 17.7 Å². The van der Waals surface area contributed by atoms with Crippen LogP contribution in [0.1, 0.15) is 23.6 Å². The Morgan fingerprint density at radius 1 is 1.25 bits per heavy atom. The second-order valence-corrected chi connectivity index (χ2v) is 4.22. The van der Waals surface area contributed by atoms with Gasteiger partial charge in [0.25, 0.3) is 0 Å². The van der Waals surface area contributed by atoms with E-state index in [1.807, 2.05) is 20.8 Å². The molecule has 3 nitrogen and oxygen atoms in total. The van der Waals surface area contributed by atoms with E-state index < -0.39 is 0 Å². The number of urea groups is 1. The van der Waals surface area contributed by atoms with E-state index in [0.717, 1.165) is 16.8 Å². The summed E-state index contributed by atoms with van der Waals surface area (Å²) >= 11 is 0. The van der Waals surface area contributed by atoms with Crippen LogP contribution in [0.25, 0.3) is 0 Å². The van der Waals surface area contributed by atoms with Crippen molar-refractivity contribution >= 4 is 11.7 Å². The summed E-state index contributed by atoms with van der Waals surface area (Å²) in [6.07, 6.45) is 0. The molecule has 0 saturated heterocycles. The number of carbonyl (C=O) groups is 1. The van der Waals surface area contributed by atoms with E-state index in [2.05, 4.69) is 24.4 Å². The van der Waals surface area contributed by atoms with Gasteiger partial charge in [0.2, 0.25) is 0 Å². The Kier molecular flexibility index (Phi) is 3.93. The highest BCUT2D eigenvalue weighted by Gasteiger charge is 2.10. The molecule has 0 heterocycles. The molecule has 1 N–H and O–H groups in total. The fourth-order valence-electron chi connectivity index (χ4n) is 1.72. The van der Waals surface area contributed by atoms with Crippen molar-refractivity contribution in [3.8, 4) is 0 Å². The molecule has 0 atom stereocenters. The predicted octanol–water partition coefficient (Wildman–Crippen LogP) is 3.10. The summed E-state index contributed by atoms with van der Waals surface area (Å²) in [5, 5.41) is 2.94. The molecule has 0 aliphatic rings. The van der Waals surface area contributed by atoms with Crippen LogP contribution >= 0.6 is 0 Å². The second kappa shape index (κ2) is 5.01. The van der Waals surface area contributed by atoms with E-state index in [9.17, 15) is 4.79 Å². The van der Waals surface area contributed by atoms with Crippen molar-refractivity contribution in [1.82, 2.24) is 4.90 Å². The van der Waals surface area contributed by atoms with Gasteiger partial charge < -0.3 is 10.2 Å². The molecule has 0 radical (unpaired) electrons. The lowest BCUT2D eigenvalue weighted by Gasteiger charge is -2.18. The topological polar surface area (TPSA) is 32.3 Å². The number of amides is 2. The van der Waals surface area contributed by atoms with Crippen molar-refractivity contribution in [2.24, 2.45) is 0 Å². The summed E-state index contributed by atoms with van der Waals surface area (Å²) in [5.74, 6) is 0. The molecule has 16 heavy (non-hydrogen) atoms. The van der Waals surface area contributed by atoms with Crippen LogP contribution in [-0.2, 0) is 0 Å². The van der Waals surface area contributed by atoms with Gasteiger partial charge in [-0.25, -0.2) is 4.79 Å². The fourth-order valence-corrected chi connectivity index (χ4v) is 1.72. The van der Waals surface area contributed by atoms with Gasteiger partial charge >= 0.3 is 6.03 Å². The van der Waals surface area contributed by atoms with Crippen molar-refractivity contribution in [2.45, 2.75) is 27.7 Å². The first-order valence-corrected chi connectivity index (χ1v) is 5.55. The molecule has 0 aliphatic carbocycles. The van der Waals surface area contributed by atoms with Crippen molar-refractivity contribution in [1.29, 1.82) is 0 Å². The molecule has 0 aliphatic heterocycles. The third-order valence-corrected chi connectivity index (χ3v) is 2.73. The van der Waals surface area contributed by atoms with Crippen LogP contribution in [0.5, 0.6) is 0 Å². The zero-order valence-corrected chi connectivity index (χ0v) is 10.7. The third kappa shape index (κ3) is 2.75. The SMILES string of the molecule is CCN(C)C(=O)Nc1c(C)cc(C)cc1C. The quantitative estimate of drug-likeness (QED) is 0.816. The van der Waals surface area contributed by atoms with Crippen LogP contribution < -0.4 is 5.32 Å². The summed E-state index contributed by atoms with van der Waals surface area (Å²) in [5.41, 5.74) is 4.36. The van der Waals surface area contributed by atoms with Crippen molar-refractivity contribution in [3.05, 3.63) is 28.8 Å². The number of nitrogens with one attached hydrogen (secondary N) is 1. The van der Waals surface area contributed by atoms with Crippen molar-refractivity contribution < 1.29 is 4.79 Å². The monoisotopic (exact) mass is 220 g/mol. The summed E-state index contributed by atoms with van der Waals surface area (Å²) in [6, 6.07) is 4.10. The number of hydrogen-bond donors (Lipinski definition) is 1. The number of rotatable bonds is 2. The molecule has 3 heteroatoms. The van der Waals surface area contributed by atoms with E-state index in [0.29, 0.717) is 6.54 Å². The van der Waals surface area contributed by atoms with Gasteiger partial charge in [0.1, 0.15) is 0 Å². The molecule has 2 amide bonds. The van der Waals surface area contributed by atoms with E-state index in [1.54, 1.807) is 11.9 Å². The maximum absolute atomic E-state index is 11.7. The number of benzene rings is 1. The zero-order chi connectivity index (χ0) is 12.3. The minimum Gasteiger partial charge on any atom is -0.328 e. The lowest BCUT2D eigenvalue weighted by atomic mass is 10.1. The van der Waals surface area contributed by atoms with Crippen LogP contribution in [0, 0.1) is 20.8 Å². The summed E-state index contributed by atoms with van der Waals surface area (Å²) in [6.45, 7) is 8.75. The zero-order valence-electron chi connectivity index (χ0n) is 10.7. The van der Waals surface area contributed by atoms with Crippen molar-refractivity contribution in [3.63, 3.8) is 0 Å². The molecule has 0 saturated carbocycles. The minimum absolute atomic E-state index is 0.0578. The molecule has 1 rings (SSSR count). The lowest BCUT2D eigenvalue weighted by molar-refractivity contribution is 0.224. The molecular formula is C13H20N2O.